The van der Waals surface area contributed by atoms with E-state index in [0.717, 1.165) is 26.2 Å². The molecule has 152 valence electrons. The van der Waals surface area contributed by atoms with E-state index in [-0.39, 0.29) is 6.54 Å². The lowest BCUT2D eigenvalue weighted by Crippen LogP contribution is -2.37. The summed E-state index contributed by atoms with van der Waals surface area (Å²) >= 11 is 2.78. The molecule has 0 aliphatic carbocycles. The summed E-state index contributed by atoms with van der Waals surface area (Å²) < 4.78 is 26.2. The van der Waals surface area contributed by atoms with Crippen molar-refractivity contribution in [2.24, 2.45) is 0 Å². The highest BCUT2D eigenvalue weighted by Gasteiger charge is 2.22. The van der Waals surface area contributed by atoms with Crippen molar-refractivity contribution in [3.8, 4) is 0 Å². The SMILES string of the molecule is Cc1ccccc1N(CC(=O)Nc1nnc(SCc2ccccc2)s1)S(C)(=O)=O. The normalized spacial score (nSPS) is 11.2. The molecule has 7 nitrogen and oxygen atoms in total. The summed E-state index contributed by atoms with van der Waals surface area (Å²) in [5.41, 5.74) is 2.41. The predicted molar refractivity (Wildman–Crippen MR) is 118 cm³/mol. The van der Waals surface area contributed by atoms with E-state index in [4.69, 9.17) is 0 Å². The van der Waals surface area contributed by atoms with Crippen molar-refractivity contribution in [2.45, 2.75) is 17.0 Å². The van der Waals surface area contributed by atoms with Crippen LogP contribution in [0.4, 0.5) is 10.8 Å². The second kappa shape index (κ2) is 9.38. The maximum atomic E-state index is 12.5. The molecule has 0 aliphatic heterocycles. The summed E-state index contributed by atoms with van der Waals surface area (Å²) in [7, 11) is -3.63. The molecule has 1 aromatic heterocycles. The number of hydrogen-bond acceptors (Lipinski definition) is 7. The van der Waals surface area contributed by atoms with Gasteiger partial charge in [0.15, 0.2) is 4.34 Å². The number of para-hydroxylation sites is 1. The Morgan fingerprint density at radius 2 is 1.79 bits per heavy atom. The van der Waals surface area contributed by atoms with Crippen molar-refractivity contribution in [1.82, 2.24) is 10.2 Å². The van der Waals surface area contributed by atoms with Crippen molar-refractivity contribution in [3.05, 3.63) is 65.7 Å². The van der Waals surface area contributed by atoms with Gasteiger partial charge in [-0.1, -0.05) is 71.6 Å². The van der Waals surface area contributed by atoms with Crippen LogP contribution in [0.5, 0.6) is 0 Å². The van der Waals surface area contributed by atoms with E-state index in [9.17, 15) is 13.2 Å². The number of nitrogens with one attached hydrogen (secondary N) is 1. The number of sulfonamides is 1. The fourth-order valence-electron chi connectivity index (χ4n) is 2.55. The standard InChI is InChI=1S/C19H20N4O3S3/c1-14-8-6-7-11-16(14)23(29(2,25)26)12-17(24)20-18-21-22-19(28-18)27-13-15-9-4-3-5-10-15/h3-11H,12-13H2,1-2H3,(H,20,21,24). The van der Waals surface area contributed by atoms with E-state index >= 15 is 0 Å². The molecule has 1 amide bonds. The number of carbonyl (C=O) groups excluding carboxylic acids is 1. The number of aromatic nitrogens is 2. The third-order valence-corrected chi connectivity index (χ3v) is 7.10. The largest absolute Gasteiger partial charge is 0.299 e. The fraction of sp³-hybridized carbons (Fsp3) is 0.211. The van der Waals surface area contributed by atoms with Gasteiger partial charge in [-0.15, -0.1) is 10.2 Å². The van der Waals surface area contributed by atoms with Crippen LogP contribution in [0.3, 0.4) is 0 Å². The van der Waals surface area contributed by atoms with Crippen molar-refractivity contribution in [1.29, 1.82) is 0 Å². The summed E-state index contributed by atoms with van der Waals surface area (Å²) in [5.74, 6) is 0.271. The molecule has 3 rings (SSSR count). The van der Waals surface area contributed by atoms with Gasteiger partial charge in [-0.3, -0.25) is 14.4 Å². The predicted octanol–water partition coefficient (Wildman–Crippen LogP) is 3.54. The van der Waals surface area contributed by atoms with Crippen molar-refractivity contribution < 1.29 is 13.2 Å². The monoisotopic (exact) mass is 448 g/mol. The molecular formula is C19H20N4O3S3. The molecule has 0 fully saturated rings. The second-order valence-electron chi connectivity index (χ2n) is 6.25. The summed E-state index contributed by atoms with van der Waals surface area (Å²) in [6, 6.07) is 17.0. The quantitative estimate of drug-likeness (QED) is 0.419. The molecule has 0 aliphatic rings. The molecule has 0 unspecified atom stereocenters. The van der Waals surface area contributed by atoms with Gasteiger partial charge in [0.2, 0.25) is 21.1 Å². The van der Waals surface area contributed by atoms with Gasteiger partial charge < -0.3 is 0 Å². The summed E-state index contributed by atoms with van der Waals surface area (Å²) in [4.78, 5) is 12.5. The maximum Gasteiger partial charge on any atom is 0.246 e. The Morgan fingerprint density at radius 3 is 2.48 bits per heavy atom. The van der Waals surface area contributed by atoms with E-state index in [1.165, 1.54) is 28.7 Å². The molecule has 29 heavy (non-hydrogen) atoms. The van der Waals surface area contributed by atoms with Gasteiger partial charge in [0, 0.05) is 5.75 Å². The van der Waals surface area contributed by atoms with Crippen LogP contribution in [0.15, 0.2) is 58.9 Å². The minimum Gasteiger partial charge on any atom is -0.299 e. The molecule has 3 aromatic rings. The van der Waals surface area contributed by atoms with Gasteiger partial charge in [-0.25, -0.2) is 8.42 Å². The first-order valence-electron chi connectivity index (χ1n) is 8.66. The lowest BCUT2D eigenvalue weighted by Gasteiger charge is -2.23. The average Bonchev–Trinajstić information content (AvgIpc) is 3.12. The molecule has 0 saturated heterocycles. The molecule has 0 spiro atoms. The zero-order chi connectivity index (χ0) is 20.9. The van der Waals surface area contributed by atoms with Crippen LogP contribution in [0.2, 0.25) is 0 Å². The zero-order valence-electron chi connectivity index (χ0n) is 15.9. The van der Waals surface area contributed by atoms with Crippen LogP contribution >= 0.6 is 23.1 Å². The van der Waals surface area contributed by atoms with Crippen LogP contribution in [-0.4, -0.2) is 37.3 Å². The maximum absolute atomic E-state index is 12.5. The average molecular weight is 449 g/mol. The first-order valence-corrected chi connectivity index (χ1v) is 12.3. The second-order valence-corrected chi connectivity index (χ2v) is 10.4. The Kier molecular flexibility index (Phi) is 6.88. The zero-order valence-corrected chi connectivity index (χ0v) is 18.4. The summed E-state index contributed by atoms with van der Waals surface area (Å²) in [6.07, 6.45) is 1.08. The van der Waals surface area contributed by atoms with Crippen LogP contribution in [0, 0.1) is 6.92 Å². The van der Waals surface area contributed by atoms with Gasteiger partial charge in [-0.2, -0.15) is 0 Å². The van der Waals surface area contributed by atoms with E-state index < -0.39 is 15.9 Å². The van der Waals surface area contributed by atoms with Gasteiger partial charge in [0.1, 0.15) is 6.54 Å². The molecule has 1 heterocycles. The Hall–Kier alpha value is -2.43. The van der Waals surface area contributed by atoms with E-state index in [2.05, 4.69) is 15.5 Å². The van der Waals surface area contributed by atoms with Crippen molar-refractivity contribution in [3.63, 3.8) is 0 Å². The molecule has 0 atom stereocenters. The minimum absolute atomic E-state index is 0.337. The number of hydrogen-bond donors (Lipinski definition) is 1. The van der Waals surface area contributed by atoms with E-state index in [1.54, 1.807) is 25.1 Å². The number of amides is 1. The van der Waals surface area contributed by atoms with Gasteiger partial charge in [-0.05, 0) is 24.1 Å². The Morgan fingerprint density at radius 1 is 1.10 bits per heavy atom. The topological polar surface area (TPSA) is 92.3 Å². The lowest BCUT2D eigenvalue weighted by atomic mass is 10.2. The summed E-state index contributed by atoms with van der Waals surface area (Å²) in [5, 5.41) is 11.0. The highest BCUT2D eigenvalue weighted by molar-refractivity contribution is 8.00. The number of thioether (sulfide) groups is 1. The molecule has 2 aromatic carbocycles. The van der Waals surface area contributed by atoms with Crippen LogP contribution in [0.1, 0.15) is 11.1 Å². The minimum atomic E-state index is -3.63. The number of anilines is 2. The number of benzene rings is 2. The number of rotatable bonds is 8. The lowest BCUT2D eigenvalue weighted by molar-refractivity contribution is -0.114. The summed E-state index contributed by atoms with van der Waals surface area (Å²) in [6.45, 7) is 1.46. The van der Waals surface area contributed by atoms with Crippen LogP contribution < -0.4 is 9.62 Å². The first-order chi connectivity index (χ1) is 13.8. The fourth-order valence-corrected chi connectivity index (χ4v) is 5.19. The number of aryl methyl sites for hydroxylation is 1. The Bertz CT molecular complexity index is 1080. The third-order valence-electron chi connectivity index (χ3n) is 3.93. The molecule has 10 heteroatoms. The molecule has 0 radical (unpaired) electrons. The Balaban J connectivity index is 1.63. The van der Waals surface area contributed by atoms with E-state index in [1.807, 2.05) is 36.4 Å². The Labute approximate surface area is 178 Å². The van der Waals surface area contributed by atoms with Crippen LogP contribution in [0.25, 0.3) is 0 Å². The smallest absolute Gasteiger partial charge is 0.246 e. The van der Waals surface area contributed by atoms with Gasteiger partial charge in [0.25, 0.3) is 0 Å². The molecule has 0 bridgehead atoms. The molecular weight excluding hydrogens is 428 g/mol. The van der Waals surface area contributed by atoms with Crippen LogP contribution in [-0.2, 0) is 20.6 Å². The van der Waals surface area contributed by atoms with Crippen molar-refractivity contribution >= 4 is 49.8 Å². The third kappa shape index (κ3) is 6.02. The van der Waals surface area contributed by atoms with E-state index in [0.29, 0.717) is 10.8 Å². The molecule has 1 N–H and O–H groups in total. The number of carbonyl (C=O) groups is 1. The van der Waals surface area contributed by atoms with Gasteiger partial charge >= 0.3 is 0 Å². The highest BCUT2D eigenvalue weighted by atomic mass is 32.2. The highest BCUT2D eigenvalue weighted by Crippen LogP contribution is 2.28. The van der Waals surface area contributed by atoms with Crippen molar-refractivity contribution in [2.75, 3.05) is 22.4 Å². The number of nitrogens with zero attached hydrogens (tertiary/aromatic N) is 3. The molecule has 0 saturated carbocycles. The first kappa shape index (κ1) is 21.3. The van der Waals surface area contributed by atoms with Gasteiger partial charge in [0.05, 0.1) is 11.9 Å².